The number of ether oxygens (including phenoxy) is 1. The van der Waals surface area contributed by atoms with Gasteiger partial charge in [-0.2, -0.15) is 0 Å². The van der Waals surface area contributed by atoms with E-state index >= 15 is 0 Å². The number of fused-ring (bicyclic) bond motifs is 1. The van der Waals surface area contributed by atoms with Crippen molar-refractivity contribution in [2.75, 3.05) is 37.7 Å². The number of hydrogen-bond donors (Lipinski definition) is 1. The van der Waals surface area contributed by atoms with Crippen LogP contribution in [0.15, 0.2) is 48.5 Å². The van der Waals surface area contributed by atoms with Crippen molar-refractivity contribution in [3.8, 4) is 5.75 Å². The molecule has 1 saturated heterocycles. The lowest BCUT2D eigenvalue weighted by Gasteiger charge is -2.36. The van der Waals surface area contributed by atoms with Gasteiger partial charge >= 0.3 is 0 Å². The molecule has 2 heterocycles. The number of para-hydroxylation sites is 1. The molecule has 1 aliphatic rings. The van der Waals surface area contributed by atoms with Gasteiger partial charge in [0.15, 0.2) is 0 Å². The van der Waals surface area contributed by atoms with Crippen molar-refractivity contribution >= 4 is 22.5 Å². The van der Waals surface area contributed by atoms with E-state index in [9.17, 15) is 9.18 Å². The molecule has 1 amide bonds. The third-order valence-corrected chi connectivity index (χ3v) is 4.90. The van der Waals surface area contributed by atoms with E-state index in [0.717, 1.165) is 16.7 Å². The third kappa shape index (κ3) is 3.47. The Morgan fingerprint density at radius 1 is 1.11 bits per heavy atom. The van der Waals surface area contributed by atoms with Crippen LogP contribution in [0.2, 0.25) is 0 Å². The monoisotopic (exact) mass is 367 g/mol. The molecule has 27 heavy (non-hydrogen) atoms. The quantitative estimate of drug-likeness (QED) is 0.765. The Bertz CT molecular complexity index is 961. The second-order valence-electron chi connectivity index (χ2n) is 6.60. The molecule has 2 aromatic carbocycles. The topological polar surface area (TPSA) is 48.6 Å². The summed E-state index contributed by atoms with van der Waals surface area (Å²) in [7, 11) is 0. The van der Waals surface area contributed by atoms with Crippen LogP contribution in [0.3, 0.4) is 0 Å². The minimum absolute atomic E-state index is 0.0302. The first-order valence-corrected chi connectivity index (χ1v) is 9.20. The Kier molecular flexibility index (Phi) is 4.71. The number of aromatic nitrogens is 1. The van der Waals surface area contributed by atoms with Crippen molar-refractivity contribution in [2.45, 2.75) is 6.92 Å². The molecule has 6 heteroatoms. The predicted molar refractivity (Wildman–Crippen MR) is 104 cm³/mol. The molecule has 1 aromatic heterocycles. The summed E-state index contributed by atoms with van der Waals surface area (Å²) in [4.78, 5) is 19.9. The van der Waals surface area contributed by atoms with E-state index in [1.54, 1.807) is 12.1 Å². The van der Waals surface area contributed by atoms with Crippen molar-refractivity contribution in [3.05, 3.63) is 60.0 Å². The maximum atomic E-state index is 14.0. The van der Waals surface area contributed by atoms with Crippen LogP contribution in [0.25, 0.3) is 10.9 Å². The first-order chi connectivity index (χ1) is 13.2. The molecule has 0 spiro atoms. The number of carbonyl (C=O) groups is 1. The number of nitrogens with one attached hydrogen (secondary N) is 1. The molecule has 0 saturated carbocycles. The molecule has 0 unspecified atom stereocenters. The van der Waals surface area contributed by atoms with Gasteiger partial charge in [0.05, 0.1) is 12.3 Å². The van der Waals surface area contributed by atoms with Crippen molar-refractivity contribution in [1.82, 2.24) is 9.88 Å². The lowest BCUT2D eigenvalue weighted by Crippen LogP contribution is -2.49. The molecule has 0 aliphatic carbocycles. The number of halogens is 1. The Balaban J connectivity index is 1.46. The number of hydrogen-bond acceptors (Lipinski definition) is 3. The van der Waals surface area contributed by atoms with Gasteiger partial charge < -0.3 is 19.5 Å². The van der Waals surface area contributed by atoms with E-state index < -0.39 is 0 Å². The zero-order valence-electron chi connectivity index (χ0n) is 15.2. The Hall–Kier alpha value is -3.02. The molecule has 1 aliphatic heterocycles. The number of carbonyl (C=O) groups excluding carboxylic acids is 1. The van der Waals surface area contributed by atoms with E-state index in [4.69, 9.17) is 4.74 Å². The van der Waals surface area contributed by atoms with Gasteiger partial charge in [-0.25, -0.2) is 4.39 Å². The van der Waals surface area contributed by atoms with Crippen molar-refractivity contribution < 1.29 is 13.9 Å². The van der Waals surface area contributed by atoms with Crippen LogP contribution in [0.1, 0.15) is 17.4 Å². The number of benzene rings is 2. The summed E-state index contributed by atoms with van der Waals surface area (Å²) >= 11 is 0. The summed E-state index contributed by atoms with van der Waals surface area (Å²) in [6, 6.07) is 14.4. The molecule has 3 aromatic rings. The van der Waals surface area contributed by atoms with Gasteiger partial charge in [-0.1, -0.05) is 12.1 Å². The van der Waals surface area contributed by atoms with Gasteiger partial charge in [0.1, 0.15) is 17.3 Å². The predicted octanol–water partition coefficient (Wildman–Crippen LogP) is 3.67. The minimum atomic E-state index is -0.224. The van der Waals surface area contributed by atoms with Crippen LogP contribution in [0.5, 0.6) is 5.75 Å². The fraction of sp³-hybridized carbons (Fsp3) is 0.286. The zero-order valence-corrected chi connectivity index (χ0v) is 15.2. The van der Waals surface area contributed by atoms with Crippen molar-refractivity contribution in [2.24, 2.45) is 0 Å². The average Bonchev–Trinajstić information content (AvgIpc) is 3.12. The molecule has 1 fully saturated rings. The molecule has 0 atom stereocenters. The number of aromatic amines is 1. The third-order valence-electron chi connectivity index (χ3n) is 4.90. The van der Waals surface area contributed by atoms with Gasteiger partial charge in [-0.15, -0.1) is 0 Å². The van der Waals surface area contributed by atoms with Crippen LogP contribution in [0, 0.1) is 5.82 Å². The Labute approximate surface area is 157 Å². The number of anilines is 1. The van der Waals surface area contributed by atoms with Crippen LogP contribution in [-0.4, -0.2) is 48.6 Å². The number of nitrogens with zero attached hydrogens (tertiary/aromatic N) is 2. The second-order valence-corrected chi connectivity index (χ2v) is 6.60. The number of H-pyrrole nitrogens is 1. The van der Waals surface area contributed by atoms with Gasteiger partial charge in [-0.05, 0) is 37.3 Å². The maximum absolute atomic E-state index is 14.0. The lowest BCUT2D eigenvalue weighted by atomic mass is 10.2. The van der Waals surface area contributed by atoms with Gasteiger partial charge in [0, 0.05) is 43.1 Å². The molecular formula is C21H22FN3O2. The molecule has 1 N–H and O–H groups in total. The summed E-state index contributed by atoms with van der Waals surface area (Å²) in [5.41, 5.74) is 2.05. The second kappa shape index (κ2) is 7.31. The smallest absolute Gasteiger partial charge is 0.270 e. The summed E-state index contributed by atoms with van der Waals surface area (Å²) in [5, 5.41) is 0.979. The molecule has 5 nitrogen and oxygen atoms in total. The van der Waals surface area contributed by atoms with E-state index in [2.05, 4.69) is 4.98 Å². The highest BCUT2D eigenvalue weighted by Crippen LogP contribution is 2.24. The largest absolute Gasteiger partial charge is 0.494 e. The standard InChI is InChI=1S/C21H22FN3O2/c1-2-27-16-8-7-15-13-19(23-18(15)14-16)21(26)25-11-9-24(10-12-25)20-6-4-3-5-17(20)22/h3-8,13-14,23H,2,9-12H2,1H3. The van der Waals surface area contributed by atoms with Gasteiger partial charge in [0.25, 0.3) is 5.91 Å². The molecular weight excluding hydrogens is 345 g/mol. The van der Waals surface area contributed by atoms with Crippen LogP contribution in [-0.2, 0) is 0 Å². The lowest BCUT2D eigenvalue weighted by molar-refractivity contribution is 0.0741. The SMILES string of the molecule is CCOc1ccc2cc(C(=O)N3CCN(c4ccccc4F)CC3)[nH]c2c1. The van der Waals surface area contributed by atoms with Gasteiger partial charge in [0.2, 0.25) is 0 Å². The molecule has 140 valence electrons. The first kappa shape index (κ1) is 17.4. The summed E-state index contributed by atoms with van der Waals surface area (Å²) in [5.74, 6) is 0.527. The van der Waals surface area contributed by atoms with Crippen molar-refractivity contribution in [1.29, 1.82) is 0 Å². The number of amides is 1. The zero-order chi connectivity index (χ0) is 18.8. The molecule has 0 radical (unpaired) electrons. The highest BCUT2D eigenvalue weighted by molar-refractivity contribution is 5.98. The van der Waals surface area contributed by atoms with E-state index in [1.165, 1.54) is 6.07 Å². The van der Waals surface area contributed by atoms with Crippen molar-refractivity contribution in [3.63, 3.8) is 0 Å². The minimum Gasteiger partial charge on any atom is -0.494 e. The Morgan fingerprint density at radius 2 is 1.89 bits per heavy atom. The summed E-state index contributed by atoms with van der Waals surface area (Å²) in [6.07, 6.45) is 0. The normalized spacial score (nSPS) is 14.6. The van der Waals surface area contributed by atoms with Crippen LogP contribution < -0.4 is 9.64 Å². The Morgan fingerprint density at radius 3 is 2.63 bits per heavy atom. The highest BCUT2D eigenvalue weighted by atomic mass is 19.1. The van der Waals surface area contributed by atoms with Crippen LogP contribution in [0.4, 0.5) is 10.1 Å². The maximum Gasteiger partial charge on any atom is 0.270 e. The first-order valence-electron chi connectivity index (χ1n) is 9.20. The number of piperazine rings is 1. The summed E-state index contributed by atoms with van der Waals surface area (Å²) < 4.78 is 19.5. The fourth-order valence-corrected chi connectivity index (χ4v) is 3.51. The average molecular weight is 367 g/mol. The van der Waals surface area contributed by atoms with Crippen LogP contribution >= 0.6 is 0 Å². The molecule has 4 rings (SSSR count). The van der Waals surface area contributed by atoms with E-state index in [1.807, 2.05) is 47.1 Å². The highest BCUT2D eigenvalue weighted by Gasteiger charge is 2.24. The summed E-state index contributed by atoms with van der Waals surface area (Å²) in [6.45, 7) is 4.89. The fourth-order valence-electron chi connectivity index (χ4n) is 3.51. The number of rotatable bonds is 4. The van der Waals surface area contributed by atoms with E-state index in [-0.39, 0.29) is 11.7 Å². The van der Waals surface area contributed by atoms with Gasteiger partial charge in [-0.3, -0.25) is 4.79 Å². The molecule has 0 bridgehead atoms. The van der Waals surface area contributed by atoms with E-state index in [0.29, 0.717) is 44.2 Å².